The van der Waals surface area contributed by atoms with Crippen molar-refractivity contribution in [3.05, 3.63) is 0 Å². The van der Waals surface area contributed by atoms with Gasteiger partial charge >= 0.3 is 91.9 Å². The van der Waals surface area contributed by atoms with Gasteiger partial charge in [-0.05, 0) is 0 Å². The van der Waals surface area contributed by atoms with Crippen LogP contribution in [0, 0.1) is 0 Å². The van der Waals surface area contributed by atoms with Crippen LogP contribution in [0.25, 0.3) is 0 Å². The molecule has 0 aromatic rings. The summed E-state index contributed by atoms with van der Waals surface area (Å²) in [6.07, 6.45) is 0. The molecule has 0 aliphatic heterocycles. The van der Waals surface area contributed by atoms with E-state index in [1.54, 1.807) is 0 Å². The van der Waals surface area contributed by atoms with Crippen molar-refractivity contribution in [1.82, 2.24) is 0 Å². The fourth-order valence-electron chi connectivity index (χ4n) is 0. The van der Waals surface area contributed by atoms with Crippen LogP contribution in [-0.4, -0.2) is 51.4 Å². The summed E-state index contributed by atoms with van der Waals surface area (Å²) in [5.74, 6) is 0. The van der Waals surface area contributed by atoms with E-state index >= 15 is 0 Å². The van der Waals surface area contributed by atoms with Crippen molar-refractivity contribution in [2.45, 2.75) is 0 Å². The van der Waals surface area contributed by atoms with Crippen LogP contribution in [0.15, 0.2) is 0 Å². The fourth-order valence-corrected chi connectivity index (χ4v) is 0. The first-order valence-electron chi connectivity index (χ1n) is 1.14. The van der Waals surface area contributed by atoms with Crippen molar-refractivity contribution in [1.29, 1.82) is 0 Å². The molecule has 0 rings (SSSR count). The van der Waals surface area contributed by atoms with Crippen LogP contribution < -0.4 is 0 Å². The summed E-state index contributed by atoms with van der Waals surface area (Å²) in [5.41, 5.74) is 0. The van der Waals surface area contributed by atoms with Gasteiger partial charge in [-0.25, -0.2) is 0 Å². The zero-order valence-electron chi connectivity index (χ0n) is 3.40. The number of hydrogen-bond donors (Lipinski definition) is 0. The molecule has 0 unspecified atom stereocenters. The first kappa shape index (κ1) is 14.3. The Balaban J connectivity index is 0. The summed E-state index contributed by atoms with van der Waals surface area (Å²) in [7, 11) is 0. The monoisotopic (exact) mass is 379 g/mol. The molecule has 0 saturated carbocycles. The van der Waals surface area contributed by atoms with Gasteiger partial charge in [0.1, 0.15) is 0 Å². The molecule has 0 aliphatic carbocycles. The van der Waals surface area contributed by atoms with E-state index in [1.165, 1.54) is 0 Å². The second kappa shape index (κ2) is 1.15. The Labute approximate surface area is 90.4 Å². The summed E-state index contributed by atoms with van der Waals surface area (Å²) in [4.78, 5) is 0. The Hall–Kier alpha value is 1.74. The predicted molar refractivity (Wildman–Crippen MR) is 16.0 cm³/mol. The fraction of sp³-hybridized carbons (Fsp3) is 0. The molecule has 0 fully saturated rings. The third kappa shape index (κ3) is 246. The Kier molecular flexibility index (Phi) is 1.64. The SMILES string of the molecule is [F][Re]([F])([F])([F])([F])([F])([F])[F].[KH]. The van der Waals surface area contributed by atoms with Gasteiger partial charge in [-0.3, -0.25) is 0 Å². The second-order valence-electron chi connectivity index (χ2n) is 1.51. The van der Waals surface area contributed by atoms with Crippen molar-refractivity contribution < 1.29 is 40.5 Å². The van der Waals surface area contributed by atoms with Gasteiger partial charge in [0.2, 0.25) is 0 Å². The first-order valence-corrected chi connectivity index (χ1v) is 9.35. The van der Waals surface area contributed by atoms with Crippen molar-refractivity contribution >= 4 is 51.4 Å². The number of hydrogen-bond acceptors (Lipinski definition) is 0. The molecule has 0 radical (unpaired) electrons. The van der Waals surface area contributed by atoms with E-state index in [0.29, 0.717) is 0 Å². The summed E-state index contributed by atoms with van der Waals surface area (Å²) in [6.45, 7) is 0. The summed E-state index contributed by atoms with van der Waals surface area (Å²) >= 11 is -15.3. The van der Waals surface area contributed by atoms with Crippen LogP contribution in [-0.2, 0) is 14.8 Å². The predicted octanol–water partition coefficient (Wildman–Crippen LogP) is 2.71. The van der Waals surface area contributed by atoms with Gasteiger partial charge in [-0.15, -0.1) is 0 Å². The number of rotatable bonds is 0. The van der Waals surface area contributed by atoms with E-state index in [9.17, 15) is 25.8 Å². The quantitative estimate of drug-likeness (QED) is 0.449. The molecule has 10 heavy (non-hydrogen) atoms. The Morgan fingerprint density at radius 3 is 0.500 bits per heavy atom. The van der Waals surface area contributed by atoms with Crippen molar-refractivity contribution in [3.63, 3.8) is 0 Å². The van der Waals surface area contributed by atoms with Crippen LogP contribution in [0.2, 0.25) is 0 Å². The topological polar surface area (TPSA) is 0 Å². The average molecular weight is 378 g/mol. The zero-order valence-corrected chi connectivity index (χ0v) is 6.12. The van der Waals surface area contributed by atoms with Crippen LogP contribution >= 0.6 is 0 Å². The standard InChI is InChI=1S/8FH.K.Re.H/h8*1H;;;/q;;;;;;;;;+8;/p-8. The van der Waals surface area contributed by atoms with E-state index in [4.69, 9.17) is 0 Å². The third-order valence-corrected chi connectivity index (χ3v) is 0. The van der Waals surface area contributed by atoms with E-state index in [0.717, 1.165) is 0 Å². The normalized spacial score (nSPS) is 28.0. The van der Waals surface area contributed by atoms with Crippen LogP contribution in [0.1, 0.15) is 0 Å². The molecule has 0 aromatic heterocycles. The minimum atomic E-state index is -15.3. The molecule has 0 aliphatic rings. The minimum absolute atomic E-state index is 0. The molecule has 0 nitrogen and oxygen atoms in total. The first-order chi connectivity index (χ1) is 2.83. The molecule has 0 bridgehead atoms. The molecule has 0 spiro atoms. The molecule has 65 valence electrons. The summed E-state index contributed by atoms with van der Waals surface area (Å²) in [5, 5.41) is 0. The Morgan fingerprint density at radius 1 is 0.500 bits per heavy atom. The van der Waals surface area contributed by atoms with Gasteiger partial charge < -0.3 is 0 Å². The molecule has 0 N–H and O–H groups in total. The number of halogens is 8. The molecule has 0 heterocycles. The van der Waals surface area contributed by atoms with Gasteiger partial charge in [0.25, 0.3) is 0 Å². The summed E-state index contributed by atoms with van der Waals surface area (Å²) in [6, 6.07) is 0. The van der Waals surface area contributed by atoms with Gasteiger partial charge in [-0.1, -0.05) is 0 Å². The molecule has 0 amide bonds. The summed E-state index contributed by atoms with van der Waals surface area (Å²) < 4.78 is 79.6. The van der Waals surface area contributed by atoms with Crippen LogP contribution in [0.5, 0.6) is 0 Å². The van der Waals surface area contributed by atoms with Gasteiger partial charge in [0.15, 0.2) is 0 Å². The second-order valence-corrected chi connectivity index (χ2v) is 12.4. The zero-order chi connectivity index (χ0) is 8.35. The Morgan fingerprint density at radius 2 is 0.500 bits per heavy atom. The van der Waals surface area contributed by atoms with Crippen molar-refractivity contribution in [2.75, 3.05) is 0 Å². The van der Waals surface area contributed by atoms with Crippen LogP contribution in [0.4, 0.5) is 25.8 Å². The van der Waals surface area contributed by atoms with Crippen molar-refractivity contribution in [2.24, 2.45) is 0 Å². The van der Waals surface area contributed by atoms with E-state index < -0.39 is 14.8 Å². The maximum atomic E-state index is 9.94. The molecule has 0 saturated heterocycles. The molecule has 10 heteroatoms. The molecular formula is HF8KRe. The Bertz CT molecular complexity index is 144. The van der Waals surface area contributed by atoms with E-state index in [1.807, 2.05) is 0 Å². The maximum absolute atomic E-state index is 15.3. The molecular weight excluding hydrogens is 377 g/mol. The third-order valence-electron chi connectivity index (χ3n) is 0. The molecule has 0 aromatic carbocycles. The van der Waals surface area contributed by atoms with Gasteiger partial charge in [0.05, 0.1) is 0 Å². The average Bonchev–Trinajstić information content (AvgIpc) is 0.503. The van der Waals surface area contributed by atoms with E-state index in [2.05, 4.69) is 0 Å². The van der Waals surface area contributed by atoms with Gasteiger partial charge in [-0.2, -0.15) is 0 Å². The van der Waals surface area contributed by atoms with Crippen molar-refractivity contribution in [3.8, 4) is 0 Å². The molecule has 0 atom stereocenters. The van der Waals surface area contributed by atoms with Crippen LogP contribution in [0.3, 0.4) is 0 Å². The van der Waals surface area contributed by atoms with E-state index in [-0.39, 0.29) is 51.4 Å². The van der Waals surface area contributed by atoms with Gasteiger partial charge in [0, 0.05) is 0 Å².